The van der Waals surface area contributed by atoms with Gasteiger partial charge in [0.25, 0.3) is 0 Å². The fourth-order valence-electron chi connectivity index (χ4n) is 4.31. The molecule has 1 aliphatic carbocycles. The van der Waals surface area contributed by atoms with Crippen LogP contribution < -0.4 is 0 Å². The summed E-state index contributed by atoms with van der Waals surface area (Å²) in [6.45, 7) is 0.298. The summed E-state index contributed by atoms with van der Waals surface area (Å²) in [5.41, 5.74) is 5.13. The van der Waals surface area contributed by atoms with Crippen molar-refractivity contribution in [3.63, 3.8) is 0 Å². The average molecular weight is 415 g/mol. The maximum Gasteiger partial charge on any atom is 0.159 e. The van der Waals surface area contributed by atoms with Crippen LogP contribution in [-0.4, -0.2) is 41.2 Å². The molecule has 3 heterocycles. The first-order valence-electron chi connectivity index (χ1n) is 10.8. The van der Waals surface area contributed by atoms with Gasteiger partial charge >= 0.3 is 0 Å². The summed E-state index contributed by atoms with van der Waals surface area (Å²) in [7, 11) is 1.91. The zero-order chi connectivity index (χ0) is 21.2. The molecule has 0 spiro atoms. The molecule has 1 fully saturated rings. The molecule has 31 heavy (non-hydrogen) atoms. The Morgan fingerprint density at radius 2 is 1.55 bits per heavy atom. The zero-order valence-corrected chi connectivity index (χ0v) is 17.6. The van der Waals surface area contributed by atoms with Gasteiger partial charge in [0.15, 0.2) is 5.82 Å². The Labute approximate surface area is 181 Å². The van der Waals surface area contributed by atoms with E-state index in [1.165, 1.54) is 0 Å². The minimum atomic E-state index is 0.298. The molecule has 1 N–H and O–H groups in total. The van der Waals surface area contributed by atoms with Gasteiger partial charge in [0, 0.05) is 60.7 Å². The standard InChI is InChI=1S/C24H26N6O/c1-29-14-21(12-27-29)18-3-2-4-19(9-18)24-25-10-20(11-26-24)22-13-28-30(15-22)23-7-5-17(16-31)6-8-23/h2-4,9-15,17,23,31H,5-8,16H2,1H3/t17-,23-. The Kier molecular flexibility index (Phi) is 5.34. The summed E-state index contributed by atoms with van der Waals surface area (Å²) >= 11 is 0. The van der Waals surface area contributed by atoms with E-state index in [2.05, 4.69) is 43.2 Å². The van der Waals surface area contributed by atoms with Crippen molar-refractivity contribution in [1.82, 2.24) is 29.5 Å². The Morgan fingerprint density at radius 1 is 0.839 bits per heavy atom. The third-order valence-corrected chi connectivity index (χ3v) is 6.19. The molecule has 158 valence electrons. The van der Waals surface area contributed by atoms with Gasteiger partial charge in [0.1, 0.15) is 0 Å². The summed E-state index contributed by atoms with van der Waals surface area (Å²) < 4.78 is 3.86. The predicted molar refractivity (Wildman–Crippen MR) is 119 cm³/mol. The highest BCUT2D eigenvalue weighted by Gasteiger charge is 2.22. The Bertz CT molecular complexity index is 1150. The van der Waals surface area contributed by atoms with E-state index in [1.54, 1.807) is 4.68 Å². The van der Waals surface area contributed by atoms with Crippen molar-refractivity contribution in [1.29, 1.82) is 0 Å². The lowest BCUT2D eigenvalue weighted by atomic mass is 9.87. The molecular formula is C24H26N6O. The van der Waals surface area contributed by atoms with Crippen molar-refractivity contribution >= 4 is 0 Å². The number of aromatic nitrogens is 6. The van der Waals surface area contributed by atoms with E-state index in [9.17, 15) is 5.11 Å². The van der Waals surface area contributed by atoms with Crippen LogP contribution in [0, 0.1) is 5.92 Å². The van der Waals surface area contributed by atoms with Gasteiger partial charge in [-0.05, 0) is 43.2 Å². The molecule has 0 bridgehead atoms. The lowest BCUT2D eigenvalue weighted by Crippen LogP contribution is -2.20. The molecule has 0 amide bonds. The SMILES string of the molecule is Cn1cc(-c2cccc(-c3ncc(-c4cnn([C@H]5CC[C@H](CO)CC5)c4)cn3)c2)cn1. The Balaban J connectivity index is 1.33. The zero-order valence-electron chi connectivity index (χ0n) is 17.6. The number of aliphatic hydroxyl groups is 1. The minimum Gasteiger partial charge on any atom is -0.396 e. The number of hydrogen-bond donors (Lipinski definition) is 1. The molecule has 1 saturated carbocycles. The Hall–Kier alpha value is -3.32. The van der Waals surface area contributed by atoms with Crippen molar-refractivity contribution in [2.45, 2.75) is 31.7 Å². The van der Waals surface area contributed by atoms with E-state index in [4.69, 9.17) is 0 Å². The quantitative estimate of drug-likeness (QED) is 0.531. The van der Waals surface area contributed by atoms with E-state index in [-0.39, 0.29) is 0 Å². The van der Waals surface area contributed by atoms with Gasteiger partial charge in [-0.2, -0.15) is 10.2 Å². The van der Waals surface area contributed by atoms with Crippen molar-refractivity contribution in [2.24, 2.45) is 13.0 Å². The molecule has 0 saturated heterocycles. The molecule has 1 aliphatic rings. The maximum atomic E-state index is 9.34. The maximum absolute atomic E-state index is 9.34. The fraction of sp³-hybridized carbons (Fsp3) is 0.333. The molecule has 1 aromatic carbocycles. The van der Waals surface area contributed by atoms with Gasteiger partial charge in [-0.3, -0.25) is 9.36 Å². The van der Waals surface area contributed by atoms with Crippen LogP contribution in [0.2, 0.25) is 0 Å². The first-order valence-corrected chi connectivity index (χ1v) is 10.8. The van der Waals surface area contributed by atoms with Crippen LogP contribution in [0.25, 0.3) is 33.6 Å². The average Bonchev–Trinajstić information content (AvgIpc) is 3.49. The summed E-state index contributed by atoms with van der Waals surface area (Å²) in [5.74, 6) is 1.15. The first kappa shape index (κ1) is 19.6. The highest BCUT2D eigenvalue weighted by atomic mass is 16.3. The van der Waals surface area contributed by atoms with Crippen LogP contribution in [0.1, 0.15) is 31.7 Å². The van der Waals surface area contributed by atoms with Crippen molar-refractivity contribution in [3.05, 3.63) is 61.4 Å². The molecule has 4 aromatic rings. The summed E-state index contributed by atoms with van der Waals surface area (Å²) in [6.07, 6.45) is 15.8. The van der Waals surface area contributed by atoms with Crippen LogP contribution in [0.5, 0.6) is 0 Å². The molecule has 7 nitrogen and oxygen atoms in total. The number of hydrogen-bond acceptors (Lipinski definition) is 5. The van der Waals surface area contributed by atoms with Gasteiger partial charge in [-0.15, -0.1) is 0 Å². The molecule has 3 aromatic heterocycles. The van der Waals surface area contributed by atoms with E-state index in [1.807, 2.05) is 50.2 Å². The second-order valence-corrected chi connectivity index (χ2v) is 8.34. The van der Waals surface area contributed by atoms with E-state index >= 15 is 0 Å². The topological polar surface area (TPSA) is 81.7 Å². The third kappa shape index (κ3) is 4.14. The lowest BCUT2D eigenvalue weighted by Gasteiger charge is -2.27. The smallest absolute Gasteiger partial charge is 0.159 e. The van der Waals surface area contributed by atoms with Crippen LogP contribution in [0.3, 0.4) is 0 Å². The second-order valence-electron chi connectivity index (χ2n) is 8.34. The second kappa shape index (κ2) is 8.43. The number of rotatable bonds is 5. The van der Waals surface area contributed by atoms with Crippen LogP contribution in [0.15, 0.2) is 61.4 Å². The van der Waals surface area contributed by atoms with Gasteiger partial charge in [-0.1, -0.05) is 18.2 Å². The van der Waals surface area contributed by atoms with Crippen LogP contribution >= 0.6 is 0 Å². The number of benzene rings is 1. The molecule has 5 rings (SSSR count). The largest absolute Gasteiger partial charge is 0.396 e. The highest BCUT2D eigenvalue weighted by molar-refractivity contribution is 5.70. The normalized spacial score (nSPS) is 18.9. The summed E-state index contributed by atoms with van der Waals surface area (Å²) in [6, 6.07) is 8.61. The van der Waals surface area contributed by atoms with Crippen molar-refractivity contribution < 1.29 is 5.11 Å². The van der Waals surface area contributed by atoms with Gasteiger partial charge in [-0.25, -0.2) is 9.97 Å². The van der Waals surface area contributed by atoms with E-state index in [0.717, 1.165) is 53.5 Å². The van der Waals surface area contributed by atoms with Crippen molar-refractivity contribution in [2.75, 3.05) is 6.61 Å². The lowest BCUT2D eigenvalue weighted by molar-refractivity contribution is 0.165. The molecule has 0 aliphatic heterocycles. The van der Waals surface area contributed by atoms with Crippen LogP contribution in [-0.2, 0) is 7.05 Å². The molecule has 0 radical (unpaired) electrons. The van der Waals surface area contributed by atoms with E-state index < -0.39 is 0 Å². The highest BCUT2D eigenvalue weighted by Crippen LogP contribution is 2.32. The number of aryl methyl sites for hydroxylation is 1. The molecular weight excluding hydrogens is 388 g/mol. The molecule has 0 atom stereocenters. The van der Waals surface area contributed by atoms with Crippen molar-refractivity contribution in [3.8, 4) is 33.6 Å². The summed E-state index contributed by atoms with van der Waals surface area (Å²) in [4.78, 5) is 9.22. The Morgan fingerprint density at radius 3 is 2.26 bits per heavy atom. The minimum absolute atomic E-state index is 0.298. The first-order chi connectivity index (χ1) is 15.2. The summed E-state index contributed by atoms with van der Waals surface area (Å²) in [5, 5.41) is 18.2. The predicted octanol–water partition coefficient (Wildman–Crippen LogP) is 4.13. The van der Waals surface area contributed by atoms with Gasteiger partial charge in [0.05, 0.1) is 18.4 Å². The third-order valence-electron chi connectivity index (χ3n) is 6.19. The number of nitrogens with zero attached hydrogens (tertiary/aromatic N) is 6. The van der Waals surface area contributed by atoms with Gasteiger partial charge in [0.2, 0.25) is 0 Å². The van der Waals surface area contributed by atoms with E-state index in [0.29, 0.717) is 24.4 Å². The molecule has 7 heteroatoms. The fourth-order valence-corrected chi connectivity index (χ4v) is 4.31. The van der Waals surface area contributed by atoms with Gasteiger partial charge < -0.3 is 5.11 Å². The number of aliphatic hydroxyl groups excluding tert-OH is 1. The molecule has 0 unspecified atom stereocenters. The van der Waals surface area contributed by atoms with Crippen LogP contribution in [0.4, 0.5) is 0 Å². The monoisotopic (exact) mass is 414 g/mol.